The van der Waals surface area contributed by atoms with Crippen molar-refractivity contribution in [2.75, 3.05) is 4.90 Å². The topological polar surface area (TPSA) is 16.4 Å². The molecule has 0 atom stereocenters. The molecule has 0 fully saturated rings. The predicted octanol–water partition coefficient (Wildman–Crippen LogP) is 16.0. The van der Waals surface area contributed by atoms with Gasteiger partial charge in [0.15, 0.2) is 5.58 Å². The Morgan fingerprint density at radius 1 is 0.403 bits per heavy atom. The number of benzene rings is 10. The van der Waals surface area contributed by atoms with Gasteiger partial charge in [-0.1, -0.05) is 188 Å². The Balaban J connectivity index is 1.17. The number of furan rings is 1. The Labute approximate surface area is 359 Å². The molecule has 0 saturated heterocycles. The third-order valence-electron chi connectivity index (χ3n) is 12.8. The number of hydrogen-bond donors (Lipinski definition) is 0. The Morgan fingerprint density at radius 3 is 1.79 bits per heavy atom. The molecule has 0 radical (unpaired) electrons. The lowest BCUT2D eigenvalue weighted by molar-refractivity contribution is 0.628. The fourth-order valence-electron chi connectivity index (χ4n) is 10.2. The maximum atomic E-state index is 14.9. The summed E-state index contributed by atoms with van der Waals surface area (Å²) in [7, 11) is 0. The summed E-state index contributed by atoms with van der Waals surface area (Å²) in [4.78, 5) is 2.38. The van der Waals surface area contributed by atoms with Gasteiger partial charge >= 0.3 is 0 Å². The van der Waals surface area contributed by atoms with Crippen LogP contribution in [0.15, 0.2) is 235 Å². The molecule has 10 aromatic carbocycles. The molecule has 0 saturated carbocycles. The molecule has 0 unspecified atom stereocenters. The quantitative estimate of drug-likeness (QED) is 0.160. The number of nitrogens with zero attached hydrogens (tertiary/aromatic N) is 1. The van der Waals surface area contributed by atoms with E-state index in [1.54, 1.807) is 12.1 Å². The number of fused-ring (bicyclic) bond motifs is 7. The Kier molecular flexibility index (Phi) is 8.29. The molecule has 62 heavy (non-hydrogen) atoms. The van der Waals surface area contributed by atoms with Gasteiger partial charge in [-0.25, -0.2) is 4.39 Å². The van der Waals surface area contributed by atoms with Crippen LogP contribution in [0.2, 0.25) is 0 Å². The Morgan fingerprint density at radius 2 is 1.00 bits per heavy atom. The van der Waals surface area contributed by atoms with E-state index < -0.39 is 5.41 Å². The van der Waals surface area contributed by atoms with Crippen molar-refractivity contribution in [1.29, 1.82) is 0 Å². The van der Waals surface area contributed by atoms with Crippen molar-refractivity contribution in [3.05, 3.63) is 259 Å². The second-order valence-electron chi connectivity index (χ2n) is 16.1. The van der Waals surface area contributed by atoms with E-state index in [-0.39, 0.29) is 5.82 Å². The Bertz CT molecular complexity index is 3450. The maximum Gasteiger partial charge on any atom is 0.159 e. The van der Waals surface area contributed by atoms with Crippen molar-refractivity contribution in [1.82, 2.24) is 0 Å². The van der Waals surface area contributed by atoms with Crippen LogP contribution in [0.3, 0.4) is 0 Å². The summed E-state index contributed by atoms with van der Waals surface area (Å²) in [5, 5.41) is 4.26. The predicted molar refractivity (Wildman–Crippen MR) is 254 cm³/mol. The molecule has 0 aliphatic heterocycles. The van der Waals surface area contributed by atoms with E-state index in [0.717, 1.165) is 72.0 Å². The first-order chi connectivity index (χ1) is 30.7. The third-order valence-corrected chi connectivity index (χ3v) is 12.8. The largest absolute Gasteiger partial charge is 0.454 e. The van der Waals surface area contributed by atoms with Gasteiger partial charge in [-0.05, 0) is 103 Å². The van der Waals surface area contributed by atoms with Crippen molar-refractivity contribution in [3.63, 3.8) is 0 Å². The fraction of sp³-hybridized carbons (Fsp3) is 0.0169. The van der Waals surface area contributed by atoms with E-state index in [4.69, 9.17) is 4.42 Å². The van der Waals surface area contributed by atoms with Gasteiger partial charge in [-0.3, -0.25) is 0 Å². The van der Waals surface area contributed by atoms with Crippen LogP contribution in [-0.2, 0) is 5.41 Å². The standard InChI is InChI=1S/C59H38FNO/c60-43-24-13-19-40(37-43)45-28-14-17-39-18-15-29-50(57(39)45)48-26-8-11-32-54(48)61(55-33-16-30-51-49-27-9-12-34-56(49)62-58(51)55)44-35-36-47-46-25-7-10-31-52(46)59(53(47)38-44,41-20-3-1-4-21-41)42-22-5-2-6-23-42/h1-38H. The zero-order valence-electron chi connectivity index (χ0n) is 33.7. The molecule has 1 aliphatic carbocycles. The van der Waals surface area contributed by atoms with Crippen LogP contribution in [0.5, 0.6) is 0 Å². The van der Waals surface area contributed by atoms with Crippen LogP contribution in [0, 0.1) is 5.82 Å². The van der Waals surface area contributed by atoms with Gasteiger partial charge in [0.05, 0.1) is 16.8 Å². The minimum absolute atomic E-state index is 0.261. The van der Waals surface area contributed by atoms with E-state index >= 15 is 0 Å². The van der Waals surface area contributed by atoms with E-state index in [1.807, 2.05) is 18.2 Å². The molecule has 0 amide bonds. The molecule has 2 nitrogen and oxygen atoms in total. The van der Waals surface area contributed by atoms with Crippen LogP contribution >= 0.6 is 0 Å². The second-order valence-corrected chi connectivity index (χ2v) is 16.1. The molecule has 1 aromatic heterocycles. The normalized spacial score (nSPS) is 12.7. The molecule has 1 heterocycles. The van der Waals surface area contributed by atoms with Crippen LogP contribution in [-0.4, -0.2) is 0 Å². The number of para-hydroxylation sites is 3. The minimum atomic E-state index is -0.587. The third kappa shape index (κ3) is 5.42. The van der Waals surface area contributed by atoms with Crippen molar-refractivity contribution in [2.24, 2.45) is 0 Å². The summed E-state index contributed by atoms with van der Waals surface area (Å²) in [6, 6.07) is 80.8. The molecule has 3 heteroatoms. The second kappa shape index (κ2) is 14.3. The number of hydrogen-bond acceptors (Lipinski definition) is 2. The van der Waals surface area contributed by atoms with Gasteiger partial charge in [0.25, 0.3) is 0 Å². The maximum absolute atomic E-state index is 14.9. The summed E-state index contributed by atoms with van der Waals surface area (Å²) in [6.45, 7) is 0. The molecule has 0 N–H and O–H groups in total. The number of rotatable bonds is 7. The van der Waals surface area contributed by atoms with Crippen LogP contribution in [0.4, 0.5) is 21.5 Å². The summed E-state index contributed by atoms with van der Waals surface area (Å²) in [6.07, 6.45) is 0. The molecule has 0 spiro atoms. The highest BCUT2D eigenvalue weighted by atomic mass is 19.1. The van der Waals surface area contributed by atoms with Crippen LogP contribution in [0.25, 0.3) is 66.1 Å². The zero-order chi connectivity index (χ0) is 41.2. The lowest BCUT2D eigenvalue weighted by Crippen LogP contribution is -2.28. The Hall–Kier alpha value is -8.01. The SMILES string of the molecule is Fc1cccc(-c2cccc3cccc(-c4ccccc4N(c4ccc5c(c4)C(c4ccccc4)(c4ccccc4)c4ccccc4-5)c4cccc5c4oc4ccccc45)c23)c1. The molecule has 0 bridgehead atoms. The number of halogens is 1. The molecule has 292 valence electrons. The monoisotopic (exact) mass is 795 g/mol. The summed E-state index contributed by atoms with van der Waals surface area (Å²) < 4.78 is 21.7. The first-order valence-corrected chi connectivity index (χ1v) is 21.1. The first kappa shape index (κ1) is 35.9. The van der Waals surface area contributed by atoms with E-state index in [2.05, 4.69) is 199 Å². The molecule has 12 rings (SSSR count). The average molecular weight is 796 g/mol. The van der Waals surface area contributed by atoms with Crippen molar-refractivity contribution in [2.45, 2.75) is 5.41 Å². The molecular weight excluding hydrogens is 758 g/mol. The highest BCUT2D eigenvalue weighted by Gasteiger charge is 2.46. The fourth-order valence-corrected chi connectivity index (χ4v) is 10.2. The van der Waals surface area contributed by atoms with Gasteiger partial charge < -0.3 is 9.32 Å². The molecule has 1 aliphatic rings. The molecular formula is C59H38FNO. The lowest BCUT2D eigenvalue weighted by atomic mass is 9.67. The summed E-state index contributed by atoms with van der Waals surface area (Å²) in [5.74, 6) is -0.261. The highest BCUT2D eigenvalue weighted by Crippen LogP contribution is 2.58. The van der Waals surface area contributed by atoms with Gasteiger partial charge in [0.1, 0.15) is 11.4 Å². The van der Waals surface area contributed by atoms with E-state index in [1.165, 1.54) is 39.4 Å². The van der Waals surface area contributed by atoms with Crippen LogP contribution in [0.1, 0.15) is 22.3 Å². The van der Waals surface area contributed by atoms with Crippen molar-refractivity contribution in [3.8, 4) is 33.4 Å². The average Bonchev–Trinajstić information content (AvgIpc) is 3.86. The summed E-state index contributed by atoms with van der Waals surface area (Å²) in [5.41, 5.74) is 15.2. The van der Waals surface area contributed by atoms with Gasteiger partial charge in [0.2, 0.25) is 0 Å². The zero-order valence-corrected chi connectivity index (χ0v) is 33.7. The van der Waals surface area contributed by atoms with Crippen molar-refractivity contribution >= 4 is 49.8 Å². The lowest BCUT2D eigenvalue weighted by Gasteiger charge is -2.35. The van der Waals surface area contributed by atoms with Crippen LogP contribution < -0.4 is 4.90 Å². The summed E-state index contributed by atoms with van der Waals surface area (Å²) >= 11 is 0. The molecule has 11 aromatic rings. The van der Waals surface area contributed by atoms with Gasteiger partial charge in [0, 0.05) is 22.0 Å². The van der Waals surface area contributed by atoms with Crippen molar-refractivity contribution < 1.29 is 8.81 Å². The van der Waals surface area contributed by atoms with E-state index in [9.17, 15) is 4.39 Å². The first-order valence-electron chi connectivity index (χ1n) is 21.1. The van der Waals surface area contributed by atoms with E-state index in [0.29, 0.717) is 0 Å². The van der Waals surface area contributed by atoms with Gasteiger partial charge in [-0.2, -0.15) is 0 Å². The highest BCUT2D eigenvalue weighted by molar-refractivity contribution is 6.12. The van der Waals surface area contributed by atoms with Gasteiger partial charge in [-0.15, -0.1) is 0 Å². The number of anilines is 3. The smallest absolute Gasteiger partial charge is 0.159 e. The minimum Gasteiger partial charge on any atom is -0.454 e.